The molecule has 3 amide bonds. The van der Waals surface area contributed by atoms with Crippen LogP contribution in [0.15, 0.2) is 24.3 Å². The molecule has 4 atom stereocenters. The van der Waals surface area contributed by atoms with Gasteiger partial charge < -0.3 is 30.5 Å². The van der Waals surface area contributed by atoms with Gasteiger partial charge in [-0.25, -0.2) is 4.79 Å². The predicted octanol–water partition coefficient (Wildman–Crippen LogP) is 1.80. The first-order valence-electron chi connectivity index (χ1n) is 12.0. The summed E-state index contributed by atoms with van der Waals surface area (Å²) >= 11 is 0. The molecule has 4 N–H and O–H groups in total. The number of epoxide rings is 1. The van der Waals surface area contributed by atoms with Gasteiger partial charge in [-0.05, 0) is 43.9 Å². The number of nitrogens with one attached hydrogen (secondary N) is 3. The Bertz CT molecular complexity index is 923. The van der Waals surface area contributed by atoms with E-state index < -0.39 is 41.6 Å². The number of amides is 3. The zero-order chi connectivity index (χ0) is 25.6. The zero-order valence-electron chi connectivity index (χ0n) is 20.5. The van der Waals surface area contributed by atoms with Gasteiger partial charge in [-0.2, -0.15) is 0 Å². The number of carboxylic acid groups (broad SMARTS) is 1. The lowest BCUT2D eigenvalue weighted by atomic mass is 9.90. The summed E-state index contributed by atoms with van der Waals surface area (Å²) < 4.78 is 10.5. The molecule has 10 nitrogen and oxygen atoms in total. The van der Waals surface area contributed by atoms with Gasteiger partial charge in [-0.3, -0.25) is 14.4 Å². The minimum Gasteiger partial charge on any atom is -0.497 e. The summed E-state index contributed by atoms with van der Waals surface area (Å²) in [7, 11) is 1.55. The van der Waals surface area contributed by atoms with Crippen molar-refractivity contribution in [2.45, 2.75) is 76.1 Å². The van der Waals surface area contributed by atoms with E-state index in [1.54, 1.807) is 38.3 Å². The molecule has 1 aromatic carbocycles. The maximum Gasteiger partial charge on any atom is 0.405 e. The van der Waals surface area contributed by atoms with Crippen LogP contribution in [0.2, 0.25) is 0 Å². The lowest BCUT2D eigenvalue weighted by molar-refractivity contribution is -0.133. The second kappa shape index (κ2) is 11.5. The van der Waals surface area contributed by atoms with Crippen molar-refractivity contribution < 1.29 is 33.8 Å². The zero-order valence-corrected chi connectivity index (χ0v) is 20.5. The number of methoxy groups -OCH3 is 1. The molecule has 0 bridgehead atoms. The Morgan fingerprint density at radius 2 is 1.66 bits per heavy atom. The molecule has 1 aromatic rings. The number of rotatable bonds is 12. The van der Waals surface area contributed by atoms with Gasteiger partial charge in [-0.1, -0.05) is 37.8 Å². The Hall–Kier alpha value is -3.14. The van der Waals surface area contributed by atoms with Crippen molar-refractivity contribution in [3.05, 3.63) is 29.8 Å². The highest BCUT2D eigenvalue weighted by Gasteiger charge is 2.50. The fourth-order valence-electron chi connectivity index (χ4n) is 4.46. The normalized spacial score (nSPS) is 21.9. The van der Waals surface area contributed by atoms with E-state index in [9.17, 15) is 19.2 Å². The van der Waals surface area contributed by atoms with Crippen LogP contribution in [-0.2, 0) is 25.5 Å². The van der Waals surface area contributed by atoms with E-state index in [2.05, 4.69) is 16.0 Å². The van der Waals surface area contributed by atoms with Crippen molar-refractivity contribution >= 4 is 23.7 Å². The molecule has 3 rings (SSSR count). The number of carbonyl (C=O) groups excluding carboxylic acids is 3. The number of carbonyl (C=O) groups is 4. The molecule has 1 saturated heterocycles. The fourth-order valence-corrected chi connectivity index (χ4v) is 4.46. The fraction of sp³-hybridized carbons (Fsp3) is 0.600. The van der Waals surface area contributed by atoms with Crippen molar-refractivity contribution in [1.82, 2.24) is 16.0 Å². The molecule has 1 heterocycles. The molecule has 0 unspecified atom stereocenters. The summed E-state index contributed by atoms with van der Waals surface area (Å²) in [5.74, 6) is -0.304. The third kappa shape index (κ3) is 7.42. The van der Waals surface area contributed by atoms with Gasteiger partial charge in [0.2, 0.25) is 11.8 Å². The summed E-state index contributed by atoms with van der Waals surface area (Å²) in [5.41, 5.74) is -0.119. The summed E-state index contributed by atoms with van der Waals surface area (Å²) in [4.78, 5) is 50.1. The molecule has 192 valence electrons. The Labute approximate surface area is 205 Å². The van der Waals surface area contributed by atoms with Gasteiger partial charge >= 0.3 is 6.09 Å². The van der Waals surface area contributed by atoms with Crippen molar-refractivity contribution in [3.8, 4) is 5.75 Å². The highest BCUT2D eigenvalue weighted by molar-refractivity contribution is 5.98. The van der Waals surface area contributed by atoms with Gasteiger partial charge in [0.1, 0.15) is 23.4 Å². The number of benzene rings is 1. The third-order valence-electron chi connectivity index (χ3n) is 6.74. The summed E-state index contributed by atoms with van der Waals surface area (Å²) in [6.07, 6.45) is 3.59. The molecule has 1 aliphatic carbocycles. The number of ketones is 1. The standard InChI is InChI=1S/C25H35N3O7/c1-15(26-24(32)33)22(30)28-20(13-17-8-10-18(34-3)11-9-17)23(31)27-19(12-16-6-4-5-7-16)21(29)25(2)14-35-25/h8-11,15-16,19-20,26H,4-7,12-14H2,1-3H3,(H,27,31)(H,28,30)(H,32,33)/t15-,19+,20+,25+/m1/s1. The van der Waals surface area contributed by atoms with E-state index in [-0.39, 0.29) is 12.2 Å². The van der Waals surface area contributed by atoms with Crippen molar-refractivity contribution in [3.63, 3.8) is 0 Å². The molecule has 35 heavy (non-hydrogen) atoms. The maximum atomic E-state index is 13.4. The molecular weight excluding hydrogens is 454 g/mol. The average Bonchev–Trinajstić information content (AvgIpc) is 3.36. The van der Waals surface area contributed by atoms with E-state index in [1.807, 2.05) is 0 Å². The third-order valence-corrected chi connectivity index (χ3v) is 6.74. The van der Waals surface area contributed by atoms with Crippen LogP contribution >= 0.6 is 0 Å². The van der Waals surface area contributed by atoms with E-state index in [4.69, 9.17) is 14.6 Å². The molecule has 0 radical (unpaired) electrons. The van der Waals surface area contributed by atoms with Gasteiger partial charge in [-0.15, -0.1) is 0 Å². The predicted molar refractivity (Wildman–Crippen MR) is 127 cm³/mol. The van der Waals surface area contributed by atoms with Crippen LogP contribution in [0.25, 0.3) is 0 Å². The Morgan fingerprint density at radius 3 is 2.20 bits per heavy atom. The number of Topliss-reactive ketones (excluding diaryl/α,β-unsaturated/α-hetero) is 1. The van der Waals surface area contributed by atoms with Crippen LogP contribution in [0.5, 0.6) is 5.75 Å². The Balaban J connectivity index is 1.76. The number of hydrogen-bond donors (Lipinski definition) is 4. The second-order valence-electron chi connectivity index (χ2n) is 9.62. The second-order valence-corrected chi connectivity index (χ2v) is 9.62. The van der Waals surface area contributed by atoms with Gasteiger partial charge in [0.05, 0.1) is 19.8 Å². The minimum absolute atomic E-state index is 0.152. The molecule has 2 fully saturated rings. The quantitative estimate of drug-likeness (QED) is 0.327. The first kappa shape index (κ1) is 26.5. The van der Waals surface area contributed by atoms with Crippen LogP contribution in [0.3, 0.4) is 0 Å². The van der Waals surface area contributed by atoms with Crippen molar-refractivity contribution in [2.24, 2.45) is 5.92 Å². The molecule has 2 aliphatic rings. The van der Waals surface area contributed by atoms with Crippen molar-refractivity contribution in [1.29, 1.82) is 0 Å². The summed E-state index contributed by atoms with van der Waals surface area (Å²) in [6.45, 7) is 3.44. The average molecular weight is 490 g/mol. The van der Waals surface area contributed by atoms with E-state index in [1.165, 1.54) is 6.92 Å². The smallest absolute Gasteiger partial charge is 0.405 e. The molecule has 1 saturated carbocycles. The van der Waals surface area contributed by atoms with Crippen LogP contribution in [0.1, 0.15) is 51.5 Å². The first-order chi connectivity index (χ1) is 16.6. The van der Waals surface area contributed by atoms with Crippen LogP contribution in [0, 0.1) is 5.92 Å². The highest BCUT2D eigenvalue weighted by atomic mass is 16.6. The van der Waals surface area contributed by atoms with Gasteiger partial charge in [0.15, 0.2) is 5.78 Å². The summed E-state index contributed by atoms with van der Waals surface area (Å²) in [6, 6.07) is 4.27. The maximum absolute atomic E-state index is 13.4. The molecule has 10 heteroatoms. The van der Waals surface area contributed by atoms with Crippen LogP contribution < -0.4 is 20.7 Å². The van der Waals surface area contributed by atoms with E-state index in [0.29, 0.717) is 24.7 Å². The SMILES string of the molecule is COc1ccc(C[C@H](NC(=O)[C@@H](C)NC(=O)O)C(=O)N[C@@H](CC2CCCC2)C(=O)[C@]2(C)CO2)cc1. The summed E-state index contributed by atoms with van der Waals surface area (Å²) in [5, 5.41) is 16.5. The molecule has 0 aromatic heterocycles. The Morgan fingerprint density at radius 1 is 1.06 bits per heavy atom. The van der Waals surface area contributed by atoms with Crippen LogP contribution in [0.4, 0.5) is 4.79 Å². The van der Waals surface area contributed by atoms with E-state index >= 15 is 0 Å². The van der Waals surface area contributed by atoms with Gasteiger partial charge in [0, 0.05) is 6.42 Å². The largest absolute Gasteiger partial charge is 0.497 e. The van der Waals surface area contributed by atoms with Crippen LogP contribution in [-0.4, -0.2) is 66.2 Å². The lowest BCUT2D eigenvalue weighted by Crippen LogP contribution is -2.57. The molecule has 0 spiro atoms. The lowest BCUT2D eigenvalue weighted by Gasteiger charge is -2.26. The molecule has 1 aliphatic heterocycles. The number of ether oxygens (including phenoxy) is 2. The first-order valence-corrected chi connectivity index (χ1v) is 12.0. The Kier molecular flexibility index (Phi) is 8.71. The number of hydrogen-bond acceptors (Lipinski definition) is 6. The topological polar surface area (TPSA) is 146 Å². The molecular formula is C25H35N3O7. The highest BCUT2D eigenvalue weighted by Crippen LogP contribution is 2.33. The van der Waals surface area contributed by atoms with E-state index in [0.717, 1.165) is 31.2 Å². The monoisotopic (exact) mass is 489 g/mol. The van der Waals surface area contributed by atoms with Gasteiger partial charge in [0.25, 0.3) is 0 Å². The van der Waals surface area contributed by atoms with Crippen molar-refractivity contribution in [2.75, 3.05) is 13.7 Å². The minimum atomic E-state index is -1.34.